The molecule has 1 fully saturated rings. The van der Waals surface area contributed by atoms with Crippen molar-refractivity contribution in [3.8, 4) is 5.75 Å². The van der Waals surface area contributed by atoms with Gasteiger partial charge in [-0.15, -0.1) is 0 Å². The van der Waals surface area contributed by atoms with Crippen LogP contribution in [0.25, 0.3) is 17.0 Å². The minimum absolute atomic E-state index is 0.0563. The molecule has 250 valence electrons. The highest BCUT2D eigenvalue weighted by Crippen LogP contribution is 2.40. The lowest BCUT2D eigenvalue weighted by atomic mass is 10.1. The number of likely N-dealkylation sites (N-methyl/N-ethyl adjacent to an activating group) is 2. The van der Waals surface area contributed by atoms with E-state index in [1.54, 1.807) is 56.6 Å². The number of ether oxygens (including phenoxy) is 1. The van der Waals surface area contributed by atoms with E-state index in [1.807, 2.05) is 25.1 Å². The first-order chi connectivity index (χ1) is 23.1. The van der Waals surface area contributed by atoms with Gasteiger partial charge in [-0.2, -0.15) is 0 Å². The van der Waals surface area contributed by atoms with Gasteiger partial charge in [0.2, 0.25) is 11.8 Å². The number of pyridine rings is 1. The maximum Gasteiger partial charge on any atom is 0.251 e. The second kappa shape index (κ2) is 15.5. The lowest BCUT2D eigenvalue weighted by Crippen LogP contribution is -2.44. The Balaban J connectivity index is 1.28. The van der Waals surface area contributed by atoms with E-state index in [-0.39, 0.29) is 30.0 Å². The summed E-state index contributed by atoms with van der Waals surface area (Å²) >= 11 is 13.5. The summed E-state index contributed by atoms with van der Waals surface area (Å²) in [5.41, 5.74) is 4.85. The number of nitrogens with zero attached hydrogens (tertiary/aromatic N) is 4. The van der Waals surface area contributed by atoms with Gasteiger partial charge in [-0.25, -0.2) is 4.98 Å². The van der Waals surface area contributed by atoms with Crippen molar-refractivity contribution in [2.45, 2.75) is 13.5 Å². The minimum atomic E-state index is -0.445. The summed E-state index contributed by atoms with van der Waals surface area (Å²) in [7, 11) is 5.26. The van der Waals surface area contributed by atoms with Gasteiger partial charge in [-0.05, 0) is 55.9 Å². The van der Waals surface area contributed by atoms with E-state index in [2.05, 4.69) is 33.5 Å². The number of piperazine rings is 1. The summed E-state index contributed by atoms with van der Waals surface area (Å²) in [6.07, 6.45) is 2.92. The van der Waals surface area contributed by atoms with E-state index < -0.39 is 5.91 Å². The Bertz CT molecular complexity index is 1860. The molecule has 48 heavy (non-hydrogen) atoms. The quantitative estimate of drug-likeness (QED) is 0.217. The highest BCUT2D eigenvalue weighted by Gasteiger charge is 2.24. The van der Waals surface area contributed by atoms with Crippen LogP contribution in [0.15, 0.2) is 66.7 Å². The topological polar surface area (TPSA) is 107 Å². The fraction of sp³-hybridized carbons (Fsp3) is 0.278. The molecule has 4 aromatic rings. The van der Waals surface area contributed by atoms with Gasteiger partial charge in [0.15, 0.2) is 5.75 Å². The van der Waals surface area contributed by atoms with Crippen LogP contribution in [0.4, 0.5) is 11.4 Å². The van der Waals surface area contributed by atoms with Gasteiger partial charge in [0.05, 0.1) is 34.2 Å². The van der Waals surface area contributed by atoms with Gasteiger partial charge in [-0.3, -0.25) is 14.4 Å². The number of para-hydroxylation sites is 1. The standard InChI is InChI=1S/C36H38Cl2N6O4/c1-23-35(34(44-19-17-42(3)18-20-44)26-7-5-6-8-29(26)41-23)48-22-27-28(37)14-15-30(33(27)38)43(4)32(46)21-40-31(45)16-11-24-9-12-25(13-10-24)36(47)39-2/h5-16H,17-22H2,1-4H3,(H,39,47)(H,40,45). The van der Waals surface area contributed by atoms with Crippen LogP contribution < -0.4 is 25.2 Å². The molecule has 12 heteroatoms. The number of anilines is 2. The van der Waals surface area contributed by atoms with Crippen molar-refractivity contribution in [2.24, 2.45) is 0 Å². The van der Waals surface area contributed by atoms with Gasteiger partial charge < -0.3 is 30.1 Å². The number of hydrogen-bond acceptors (Lipinski definition) is 7. The van der Waals surface area contributed by atoms with Crippen LogP contribution in [0.1, 0.15) is 27.2 Å². The third-order valence-electron chi connectivity index (χ3n) is 8.31. The average Bonchev–Trinajstić information content (AvgIpc) is 3.09. The number of benzene rings is 3. The van der Waals surface area contributed by atoms with Crippen LogP contribution in [-0.2, 0) is 16.2 Å². The Morgan fingerprint density at radius 2 is 1.71 bits per heavy atom. The molecule has 0 bridgehead atoms. The molecule has 2 N–H and O–H groups in total. The highest BCUT2D eigenvalue weighted by molar-refractivity contribution is 6.38. The van der Waals surface area contributed by atoms with Gasteiger partial charge in [0.25, 0.3) is 5.91 Å². The predicted molar refractivity (Wildman–Crippen MR) is 192 cm³/mol. The number of halogens is 2. The van der Waals surface area contributed by atoms with E-state index in [0.29, 0.717) is 27.6 Å². The normalized spacial score (nSPS) is 13.5. The van der Waals surface area contributed by atoms with E-state index >= 15 is 0 Å². The largest absolute Gasteiger partial charge is 0.485 e. The molecule has 3 amide bonds. The fourth-order valence-corrected chi connectivity index (χ4v) is 6.08. The molecule has 1 aliphatic rings. The monoisotopic (exact) mass is 688 g/mol. The molecule has 1 aromatic heterocycles. The molecular weight excluding hydrogens is 651 g/mol. The molecule has 0 atom stereocenters. The number of rotatable bonds is 10. The maximum atomic E-state index is 13.1. The first-order valence-electron chi connectivity index (χ1n) is 15.5. The van der Waals surface area contributed by atoms with Crippen molar-refractivity contribution >= 4 is 69.3 Å². The Morgan fingerprint density at radius 3 is 2.42 bits per heavy atom. The molecule has 0 spiro atoms. The summed E-state index contributed by atoms with van der Waals surface area (Å²) in [6, 6.07) is 18.2. The van der Waals surface area contributed by atoms with E-state index in [0.717, 1.165) is 54.0 Å². The molecule has 2 heterocycles. The number of nitrogens with one attached hydrogen (secondary N) is 2. The summed E-state index contributed by atoms with van der Waals surface area (Å²) in [5.74, 6) is -0.356. The number of aryl methyl sites for hydroxylation is 1. The minimum Gasteiger partial charge on any atom is -0.485 e. The number of fused-ring (bicyclic) bond motifs is 1. The number of aromatic nitrogens is 1. The zero-order valence-electron chi connectivity index (χ0n) is 27.3. The fourth-order valence-electron chi connectivity index (χ4n) is 5.47. The maximum absolute atomic E-state index is 13.1. The molecule has 0 saturated carbocycles. The number of carbonyl (C=O) groups is 3. The van der Waals surface area contributed by atoms with Crippen molar-refractivity contribution in [1.82, 2.24) is 20.5 Å². The van der Waals surface area contributed by atoms with Crippen LogP contribution in [0.3, 0.4) is 0 Å². The highest BCUT2D eigenvalue weighted by atomic mass is 35.5. The summed E-state index contributed by atoms with van der Waals surface area (Å²) in [5, 5.41) is 6.85. The van der Waals surface area contributed by atoms with E-state index in [4.69, 9.17) is 32.9 Å². The number of amides is 3. The molecule has 0 aliphatic carbocycles. The van der Waals surface area contributed by atoms with Crippen LogP contribution in [0, 0.1) is 6.92 Å². The van der Waals surface area contributed by atoms with E-state index in [1.165, 1.54) is 11.0 Å². The molecule has 5 rings (SSSR count). The first kappa shape index (κ1) is 34.7. The van der Waals surface area contributed by atoms with Crippen molar-refractivity contribution in [3.63, 3.8) is 0 Å². The third kappa shape index (κ3) is 7.90. The number of hydrogen-bond donors (Lipinski definition) is 2. The molecule has 0 unspecified atom stereocenters. The van der Waals surface area contributed by atoms with Crippen molar-refractivity contribution in [2.75, 3.05) is 63.7 Å². The summed E-state index contributed by atoms with van der Waals surface area (Å²) in [4.78, 5) is 48.1. The predicted octanol–water partition coefficient (Wildman–Crippen LogP) is 5.33. The van der Waals surface area contributed by atoms with Crippen molar-refractivity contribution in [3.05, 3.63) is 99.2 Å². The Hall–Kier alpha value is -4.64. The summed E-state index contributed by atoms with van der Waals surface area (Å²) < 4.78 is 6.49. The molecular formula is C36H38Cl2N6O4. The van der Waals surface area contributed by atoms with Crippen LogP contribution >= 0.6 is 23.2 Å². The van der Waals surface area contributed by atoms with Gasteiger partial charge in [0.1, 0.15) is 6.61 Å². The van der Waals surface area contributed by atoms with Crippen LogP contribution in [0.5, 0.6) is 5.75 Å². The van der Waals surface area contributed by atoms with Gasteiger partial charge >= 0.3 is 0 Å². The lowest BCUT2D eigenvalue weighted by Gasteiger charge is -2.35. The SMILES string of the molecule is CNC(=O)c1ccc(C=CC(=O)NCC(=O)N(C)c2ccc(Cl)c(COc3c(C)nc4ccccc4c3N3CCN(C)CC3)c2Cl)cc1. The summed E-state index contributed by atoms with van der Waals surface area (Å²) in [6.45, 7) is 5.29. The zero-order valence-corrected chi connectivity index (χ0v) is 28.9. The third-order valence-corrected chi connectivity index (χ3v) is 9.09. The Labute approximate surface area is 290 Å². The molecule has 0 radical (unpaired) electrons. The van der Waals surface area contributed by atoms with Crippen molar-refractivity contribution < 1.29 is 19.1 Å². The second-order valence-electron chi connectivity index (χ2n) is 11.5. The Kier molecular flexibility index (Phi) is 11.2. The smallest absolute Gasteiger partial charge is 0.251 e. The van der Waals surface area contributed by atoms with Crippen molar-refractivity contribution in [1.29, 1.82) is 0 Å². The molecule has 1 aliphatic heterocycles. The van der Waals surface area contributed by atoms with E-state index in [9.17, 15) is 14.4 Å². The van der Waals surface area contributed by atoms with Crippen LogP contribution in [-0.4, -0.2) is 81.5 Å². The van der Waals surface area contributed by atoms with Gasteiger partial charge in [0, 0.05) is 67.9 Å². The lowest BCUT2D eigenvalue weighted by molar-refractivity contribution is -0.122. The molecule has 3 aromatic carbocycles. The second-order valence-corrected chi connectivity index (χ2v) is 12.3. The average molecular weight is 690 g/mol. The molecule has 1 saturated heterocycles. The van der Waals surface area contributed by atoms with Gasteiger partial charge in [-0.1, -0.05) is 53.5 Å². The Morgan fingerprint density at radius 1 is 1.00 bits per heavy atom. The number of carbonyl (C=O) groups excluding carboxylic acids is 3. The molecule has 10 nitrogen and oxygen atoms in total. The van der Waals surface area contributed by atoms with Crippen LogP contribution in [0.2, 0.25) is 10.0 Å². The first-order valence-corrected chi connectivity index (χ1v) is 16.3. The zero-order chi connectivity index (χ0) is 34.4.